The molecule has 0 saturated carbocycles. The van der Waals surface area contributed by atoms with Crippen LogP contribution in [0.3, 0.4) is 0 Å². The second-order valence-corrected chi connectivity index (χ2v) is 7.48. The number of aliphatic imine (C=N–C) groups is 1. The maximum absolute atomic E-state index is 9.59. The van der Waals surface area contributed by atoms with Crippen molar-refractivity contribution < 1.29 is 9.84 Å². The van der Waals surface area contributed by atoms with Gasteiger partial charge in [-0.1, -0.05) is 30.3 Å². The van der Waals surface area contributed by atoms with Crippen molar-refractivity contribution in [2.24, 2.45) is 4.99 Å². The standard InChI is InChI=1S/C22H29N3O2.HI/c1-4-23-21(24-13-12-16-8-7-9-17(26)14-16)25-19-15-22(2,3)27-20-11-6-5-10-18(19)20;/h5-11,14,19,26H,4,12-13,15H2,1-3H3,(H2,23,24,25);1H. The number of rotatable bonds is 5. The SMILES string of the molecule is CCNC(=NCCc1cccc(O)c1)NC1CC(C)(C)Oc2ccccc21.I. The van der Waals surface area contributed by atoms with Crippen LogP contribution in [-0.2, 0) is 6.42 Å². The summed E-state index contributed by atoms with van der Waals surface area (Å²) in [6, 6.07) is 15.7. The van der Waals surface area contributed by atoms with E-state index < -0.39 is 0 Å². The maximum Gasteiger partial charge on any atom is 0.191 e. The molecule has 5 nitrogen and oxygen atoms in total. The smallest absolute Gasteiger partial charge is 0.191 e. The molecule has 0 radical (unpaired) electrons. The topological polar surface area (TPSA) is 65.9 Å². The van der Waals surface area contributed by atoms with Crippen LogP contribution in [0.2, 0.25) is 0 Å². The zero-order valence-electron chi connectivity index (χ0n) is 16.7. The molecule has 28 heavy (non-hydrogen) atoms. The molecule has 1 aliphatic heterocycles. The highest BCUT2D eigenvalue weighted by molar-refractivity contribution is 14.0. The molecule has 1 atom stereocenters. The second-order valence-electron chi connectivity index (χ2n) is 7.48. The highest BCUT2D eigenvalue weighted by Gasteiger charge is 2.33. The zero-order chi connectivity index (χ0) is 19.3. The summed E-state index contributed by atoms with van der Waals surface area (Å²) in [6.07, 6.45) is 1.64. The van der Waals surface area contributed by atoms with Gasteiger partial charge in [0.15, 0.2) is 5.96 Å². The molecular formula is C22H30IN3O2. The van der Waals surface area contributed by atoms with Crippen molar-refractivity contribution in [3.05, 3.63) is 59.7 Å². The summed E-state index contributed by atoms with van der Waals surface area (Å²) < 4.78 is 6.12. The van der Waals surface area contributed by atoms with Crippen LogP contribution in [0.4, 0.5) is 0 Å². The third kappa shape index (κ3) is 6.02. The first-order chi connectivity index (χ1) is 13.0. The fourth-order valence-electron chi connectivity index (χ4n) is 3.42. The molecule has 152 valence electrons. The van der Waals surface area contributed by atoms with E-state index in [0.29, 0.717) is 12.3 Å². The maximum atomic E-state index is 9.59. The highest BCUT2D eigenvalue weighted by Crippen LogP contribution is 2.39. The molecule has 2 aromatic rings. The molecule has 1 unspecified atom stereocenters. The Kier molecular flexibility index (Phi) is 7.98. The predicted octanol–water partition coefficient (Wildman–Crippen LogP) is 4.41. The van der Waals surface area contributed by atoms with Gasteiger partial charge in [0.05, 0.1) is 6.04 Å². The van der Waals surface area contributed by atoms with Crippen molar-refractivity contribution >= 4 is 29.9 Å². The van der Waals surface area contributed by atoms with Gasteiger partial charge in [0, 0.05) is 25.1 Å². The number of hydrogen-bond donors (Lipinski definition) is 3. The molecule has 0 aromatic heterocycles. The minimum atomic E-state index is -0.231. The number of ether oxygens (including phenoxy) is 1. The van der Waals surface area contributed by atoms with Gasteiger partial charge in [0.2, 0.25) is 0 Å². The second kappa shape index (κ2) is 10.0. The fraction of sp³-hybridized carbons (Fsp3) is 0.409. The number of halogens is 1. The lowest BCUT2D eigenvalue weighted by molar-refractivity contribution is 0.0694. The van der Waals surface area contributed by atoms with Crippen molar-refractivity contribution in [2.75, 3.05) is 13.1 Å². The lowest BCUT2D eigenvalue weighted by Gasteiger charge is -2.38. The van der Waals surface area contributed by atoms with Crippen molar-refractivity contribution in [3.63, 3.8) is 0 Å². The van der Waals surface area contributed by atoms with E-state index in [1.807, 2.05) is 30.3 Å². The Bertz CT molecular complexity index is 808. The summed E-state index contributed by atoms with van der Waals surface area (Å²) in [5.41, 5.74) is 2.01. The van der Waals surface area contributed by atoms with Crippen molar-refractivity contribution in [3.8, 4) is 11.5 Å². The Morgan fingerprint density at radius 1 is 1.21 bits per heavy atom. The van der Waals surface area contributed by atoms with Gasteiger partial charge in [-0.25, -0.2) is 0 Å². The third-order valence-corrected chi connectivity index (χ3v) is 4.61. The quantitative estimate of drug-likeness (QED) is 0.327. The molecule has 1 aliphatic rings. The summed E-state index contributed by atoms with van der Waals surface area (Å²) in [5, 5.41) is 16.5. The summed E-state index contributed by atoms with van der Waals surface area (Å²) in [7, 11) is 0. The number of para-hydroxylation sites is 1. The molecule has 1 heterocycles. The fourth-order valence-corrected chi connectivity index (χ4v) is 3.42. The molecule has 0 saturated heterocycles. The Balaban J connectivity index is 0.00000280. The molecule has 3 rings (SSSR count). The van der Waals surface area contributed by atoms with Crippen LogP contribution in [0.1, 0.15) is 44.4 Å². The number of phenols is 1. The van der Waals surface area contributed by atoms with Crippen LogP contribution in [0.25, 0.3) is 0 Å². The van der Waals surface area contributed by atoms with Crippen molar-refractivity contribution in [1.82, 2.24) is 10.6 Å². The predicted molar refractivity (Wildman–Crippen MR) is 125 cm³/mol. The Hall–Kier alpha value is -1.96. The number of nitrogens with zero attached hydrogens (tertiary/aromatic N) is 1. The number of nitrogens with one attached hydrogen (secondary N) is 2. The van der Waals surface area contributed by atoms with Crippen molar-refractivity contribution in [2.45, 2.75) is 45.3 Å². The Morgan fingerprint density at radius 3 is 2.75 bits per heavy atom. The van der Waals surface area contributed by atoms with Crippen molar-refractivity contribution in [1.29, 1.82) is 0 Å². The van der Waals surface area contributed by atoms with Gasteiger partial charge in [-0.15, -0.1) is 24.0 Å². The Labute approximate surface area is 184 Å². The van der Waals surface area contributed by atoms with Crippen LogP contribution in [0.5, 0.6) is 11.5 Å². The van der Waals surface area contributed by atoms with E-state index in [1.165, 1.54) is 0 Å². The molecule has 0 aliphatic carbocycles. The van der Waals surface area contributed by atoms with Crippen LogP contribution in [-0.4, -0.2) is 29.8 Å². The molecule has 6 heteroatoms. The summed E-state index contributed by atoms with van der Waals surface area (Å²) in [4.78, 5) is 4.73. The van der Waals surface area contributed by atoms with Crippen LogP contribution >= 0.6 is 24.0 Å². The van der Waals surface area contributed by atoms with E-state index in [-0.39, 0.29) is 35.6 Å². The molecule has 0 amide bonds. The lowest BCUT2D eigenvalue weighted by Crippen LogP contribution is -2.45. The first-order valence-electron chi connectivity index (χ1n) is 9.57. The van der Waals surface area contributed by atoms with Crippen LogP contribution < -0.4 is 15.4 Å². The van der Waals surface area contributed by atoms with E-state index in [1.54, 1.807) is 12.1 Å². The van der Waals surface area contributed by atoms with Gasteiger partial charge in [0.25, 0.3) is 0 Å². The molecule has 3 N–H and O–H groups in total. The average molecular weight is 495 g/mol. The van der Waals surface area contributed by atoms with Gasteiger partial charge in [0.1, 0.15) is 17.1 Å². The zero-order valence-corrected chi connectivity index (χ0v) is 19.1. The van der Waals surface area contributed by atoms with Gasteiger partial charge >= 0.3 is 0 Å². The van der Waals surface area contributed by atoms with E-state index in [4.69, 9.17) is 9.73 Å². The summed E-state index contributed by atoms with van der Waals surface area (Å²) >= 11 is 0. The van der Waals surface area contributed by atoms with Gasteiger partial charge < -0.3 is 20.5 Å². The molecular weight excluding hydrogens is 465 g/mol. The number of phenolic OH excluding ortho intramolecular Hbond substituents is 1. The molecule has 0 bridgehead atoms. The van der Waals surface area contributed by atoms with E-state index in [9.17, 15) is 5.11 Å². The third-order valence-electron chi connectivity index (χ3n) is 4.61. The van der Waals surface area contributed by atoms with E-state index >= 15 is 0 Å². The lowest BCUT2D eigenvalue weighted by atomic mass is 9.90. The number of fused-ring (bicyclic) bond motifs is 1. The van der Waals surface area contributed by atoms with Crippen LogP contribution in [0, 0.1) is 0 Å². The first-order valence-corrected chi connectivity index (χ1v) is 9.57. The molecule has 0 spiro atoms. The monoisotopic (exact) mass is 495 g/mol. The average Bonchev–Trinajstić information content (AvgIpc) is 2.61. The van der Waals surface area contributed by atoms with Gasteiger partial charge in [-0.05, 0) is 51.0 Å². The van der Waals surface area contributed by atoms with E-state index in [0.717, 1.165) is 42.2 Å². The van der Waals surface area contributed by atoms with Gasteiger partial charge in [-0.2, -0.15) is 0 Å². The first kappa shape index (κ1) is 22.3. The normalized spacial score (nSPS) is 17.7. The van der Waals surface area contributed by atoms with Crippen LogP contribution in [0.15, 0.2) is 53.5 Å². The molecule has 2 aromatic carbocycles. The van der Waals surface area contributed by atoms with E-state index in [2.05, 4.69) is 37.5 Å². The minimum Gasteiger partial charge on any atom is -0.508 e. The van der Waals surface area contributed by atoms with Gasteiger partial charge in [-0.3, -0.25) is 4.99 Å². The Morgan fingerprint density at radius 2 is 2.00 bits per heavy atom. The number of hydrogen-bond acceptors (Lipinski definition) is 3. The summed E-state index contributed by atoms with van der Waals surface area (Å²) in [5.74, 6) is 2.03. The minimum absolute atomic E-state index is 0. The number of guanidine groups is 1. The largest absolute Gasteiger partial charge is 0.508 e. The number of aromatic hydroxyl groups is 1. The molecule has 0 fully saturated rings. The number of benzene rings is 2. The summed E-state index contributed by atoms with van der Waals surface area (Å²) in [6.45, 7) is 7.74. The highest BCUT2D eigenvalue weighted by atomic mass is 127.